The molecule has 3 rings (SSSR count). The zero-order chi connectivity index (χ0) is 17.3. The fourth-order valence-electron chi connectivity index (χ4n) is 2.53. The van der Waals surface area contributed by atoms with E-state index in [1.54, 1.807) is 23.7 Å². The van der Waals surface area contributed by atoms with E-state index in [0.717, 1.165) is 22.5 Å². The van der Waals surface area contributed by atoms with Crippen molar-refractivity contribution in [2.75, 3.05) is 5.32 Å². The summed E-state index contributed by atoms with van der Waals surface area (Å²) in [5.41, 5.74) is 4.62. The normalized spacial score (nSPS) is 10.7. The highest BCUT2D eigenvalue weighted by Crippen LogP contribution is 2.19. The quantitative estimate of drug-likeness (QED) is 0.781. The van der Waals surface area contributed by atoms with E-state index in [9.17, 15) is 4.79 Å². The number of nitrogens with zero attached hydrogens (tertiary/aromatic N) is 3. The Morgan fingerprint density at radius 1 is 1.12 bits per heavy atom. The molecule has 6 heteroatoms. The summed E-state index contributed by atoms with van der Waals surface area (Å²) < 4.78 is 1.60. The molecule has 5 nitrogen and oxygen atoms in total. The van der Waals surface area contributed by atoms with Gasteiger partial charge in [-0.3, -0.25) is 4.79 Å². The van der Waals surface area contributed by atoms with Crippen LogP contribution in [0.3, 0.4) is 0 Å². The maximum atomic E-state index is 12.5. The van der Waals surface area contributed by atoms with E-state index >= 15 is 0 Å². The summed E-state index contributed by atoms with van der Waals surface area (Å²) in [6, 6.07) is 13.1. The van der Waals surface area contributed by atoms with Crippen LogP contribution in [-0.4, -0.2) is 20.9 Å². The smallest absolute Gasteiger partial charge is 0.278 e. The van der Waals surface area contributed by atoms with Crippen LogP contribution in [0.15, 0.2) is 42.5 Å². The van der Waals surface area contributed by atoms with Crippen LogP contribution in [0.2, 0.25) is 5.02 Å². The summed E-state index contributed by atoms with van der Waals surface area (Å²) >= 11 is 6.01. The molecule has 0 spiro atoms. The summed E-state index contributed by atoms with van der Waals surface area (Å²) in [5, 5.41) is 11.6. The topological polar surface area (TPSA) is 59.8 Å². The van der Waals surface area contributed by atoms with Gasteiger partial charge in [0.05, 0.1) is 11.4 Å². The first-order valence-corrected chi connectivity index (χ1v) is 7.90. The summed E-state index contributed by atoms with van der Waals surface area (Å²) in [6.45, 7) is 5.77. The van der Waals surface area contributed by atoms with E-state index in [2.05, 4.69) is 15.6 Å². The Morgan fingerprint density at radius 3 is 2.62 bits per heavy atom. The Hall–Kier alpha value is -2.66. The van der Waals surface area contributed by atoms with Crippen molar-refractivity contribution in [2.24, 2.45) is 0 Å². The number of carbonyl (C=O) groups excluding carboxylic acids is 1. The maximum absolute atomic E-state index is 12.5. The monoisotopic (exact) mass is 340 g/mol. The Morgan fingerprint density at radius 2 is 1.92 bits per heavy atom. The van der Waals surface area contributed by atoms with E-state index in [-0.39, 0.29) is 11.6 Å². The number of nitrogens with one attached hydrogen (secondary N) is 1. The fourth-order valence-corrected chi connectivity index (χ4v) is 2.71. The van der Waals surface area contributed by atoms with Crippen LogP contribution in [0.25, 0.3) is 5.69 Å². The largest absolute Gasteiger partial charge is 0.320 e. The number of amides is 1. The van der Waals surface area contributed by atoms with E-state index in [0.29, 0.717) is 10.7 Å². The molecule has 0 saturated heterocycles. The van der Waals surface area contributed by atoms with E-state index < -0.39 is 0 Å². The first-order valence-electron chi connectivity index (χ1n) is 7.52. The molecule has 0 aliphatic heterocycles. The van der Waals surface area contributed by atoms with Crippen LogP contribution < -0.4 is 5.32 Å². The van der Waals surface area contributed by atoms with Crippen LogP contribution >= 0.6 is 11.6 Å². The number of aromatic nitrogens is 3. The minimum absolute atomic E-state index is 0.285. The molecule has 0 unspecified atom stereocenters. The molecule has 24 heavy (non-hydrogen) atoms. The summed E-state index contributed by atoms with van der Waals surface area (Å²) in [6.07, 6.45) is 0. The van der Waals surface area contributed by atoms with Crippen LogP contribution in [0.1, 0.15) is 27.3 Å². The third kappa shape index (κ3) is 3.16. The molecule has 2 aromatic carbocycles. The van der Waals surface area contributed by atoms with Gasteiger partial charge in [0.25, 0.3) is 5.91 Å². The molecule has 0 atom stereocenters. The molecule has 0 aliphatic rings. The van der Waals surface area contributed by atoms with Gasteiger partial charge in [-0.2, -0.15) is 0 Å². The lowest BCUT2D eigenvalue weighted by atomic mass is 10.1. The zero-order valence-electron chi connectivity index (χ0n) is 13.7. The van der Waals surface area contributed by atoms with E-state index in [1.165, 1.54) is 0 Å². The average Bonchev–Trinajstić information content (AvgIpc) is 2.92. The highest BCUT2D eigenvalue weighted by Gasteiger charge is 2.18. The molecule has 0 bridgehead atoms. The highest BCUT2D eigenvalue weighted by atomic mass is 35.5. The number of hydrogen-bond donors (Lipinski definition) is 1. The number of benzene rings is 2. The zero-order valence-corrected chi connectivity index (χ0v) is 14.4. The number of anilines is 1. The first-order chi connectivity index (χ1) is 11.5. The van der Waals surface area contributed by atoms with Gasteiger partial charge in [-0.1, -0.05) is 40.6 Å². The van der Waals surface area contributed by atoms with Crippen molar-refractivity contribution in [3.63, 3.8) is 0 Å². The van der Waals surface area contributed by atoms with Gasteiger partial charge < -0.3 is 5.32 Å². The molecular weight excluding hydrogens is 324 g/mol. The Kier molecular flexibility index (Phi) is 4.36. The predicted molar refractivity (Wildman–Crippen MR) is 95.0 cm³/mol. The second-order valence-corrected chi connectivity index (χ2v) is 6.12. The van der Waals surface area contributed by atoms with Gasteiger partial charge in [-0.15, -0.1) is 5.10 Å². The van der Waals surface area contributed by atoms with Crippen molar-refractivity contribution in [1.29, 1.82) is 0 Å². The van der Waals surface area contributed by atoms with Gasteiger partial charge in [-0.05, 0) is 50.6 Å². The minimum Gasteiger partial charge on any atom is -0.320 e. The van der Waals surface area contributed by atoms with E-state index in [4.69, 9.17) is 11.6 Å². The van der Waals surface area contributed by atoms with Gasteiger partial charge in [-0.25, -0.2) is 4.68 Å². The second kappa shape index (κ2) is 6.45. The molecule has 0 fully saturated rings. The lowest BCUT2D eigenvalue weighted by Crippen LogP contribution is -2.15. The Labute approximate surface area is 145 Å². The molecule has 0 radical (unpaired) electrons. The van der Waals surface area contributed by atoms with E-state index in [1.807, 2.05) is 44.2 Å². The number of hydrogen-bond acceptors (Lipinski definition) is 3. The molecule has 0 aliphatic carbocycles. The van der Waals surface area contributed by atoms with Crippen molar-refractivity contribution in [3.8, 4) is 5.69 Å². The van der Waals surface area contributed by atoms with Gasteiger partial charge in [0.2, 0.25) is 0 Å². The van der Waals surface area contributed by atoms with Crippen molar-refractivity contribution >= 4 is 23.2 Å². The highest BCUT2D eigenvalue weighted by molar-refractivity contribution is 6.30. The first kappa shape index (κ1) is 16.2. The summed E-state index contributed by atoms with van der Waals surface area (Å²) in [4.78, 5) is 12.5. The third-order valence-electron chi connectivity index (χ3n) is 3.79. The molecule has 3 aromatic rings. The maximum Gasteiger partial charge on any atom is 0.278 e. The molecule has 122 valence electrons. The number of carbonyl (C=O) groups is 1. The molecule has 1 amide bonds. The predicted octanol–water partition coefficient (Wildman–Crippen LogP) is 4.10. The lowest BCUT2D eigenvalue weighted by molar-refractivity contribution is 0.102. The second-order valence-electron chi connectivity index (χ2n) is 5.69. The van der Waals surface area contributed by atoms with Gasteiger partial charge in [0.1, 0.15) is 0 Å². The van der Waals surface area contributed by atoms with Crippen LogP contribution in [0.5, 0.6) is 0 Å². The van der Waals surface area contributed by atoms with Crippen LogP contribution in [0.4, 0.5) is 5.69 Å². The molecule has 1 aromatic heterocycles. The molecule has 1 N–H and O–H groups in total. The Balaban J connectivity index is 1.89. The van der Waals surface area contributed by atoms with Gasteiger partial charge in [0.15, 0.2) is 5.69 Å². The fraction of sp³-hybridized carbons (Fsp3) is 0.167. The van der Waals surface area contributed by atoms with Gasteiger partial charge in [0, 0.05) is 10.7 Å². The van der Waals surface area contributed by atoms with Crippen molar-refractivity contribution in [1.82, 2.24) is 15.0 Å². The van der Waals surface area contributed by atoms with Crippen molar-refractivity contribution in [3.05, 3.63) is 70.0 Å². The van der Waals surface area contributed by atoms with Crippen molar-refractivity contribution < 1.29 is 4.79 Å². The van der Waals surface area contributed by atoms with Crippen LogP contribution in [0, 0.1) is 20.8 Å². The number of aryl methyl sites for hydroxylation is 2. The summed E-state index contributed by atoms with van der Waals surface area (Å²) in [5.74, 6) is -0.285. The van der Waals surface area contributed by atoms with Crippen molar-refractivity contribution in [2.45, 2.75) is 20.8 Å². The summed E-state index contributed by atoms with van der Waals surface area (Å²) in [7, 11) is 0. The molecular formula is C18H17ClN4O. The van der Waals surface area contributed by atoms with Crippen LogP contribution in [-0.2, 0) is 0 Å². The third-order valence-corrected chi connectivity index (χ3v) is 4.03. The SMILES string of the molecule is Cc1ccc(NC(=O)c2nnn(-c3cccc(Cl)c3)c2C)c(C)c1. The lowest BCUT2D eigenvalue weighted by Gasteiger charge is -2.08. The Bertz CT molecular complexity index is 917. The molecule has 0 saturated carbocycles. The number of halogens is 1. The van der Waals surface area contributed by atoms with Gasteiger partial charge >= 0.3 is 0 Å². The average molecular weight is 341 g/mol. The molecule has 1 heterocycles. The number of rotatable bonds is 3. The standard InChI is InChI=1S/C18H17ClN4O/c1-11-7-8-16(12(2)9-11)20-18(24)17-13(3)23(22-21-17)15-6-4-5-14(19)10-15/h4-10H,1-3H3,(H,20,24). The minimum atomic E-state index is -0.285.